The smallest absolute Gasteiger partial charge is 0.431 e. The summed E-state index contributed by atoms with van der Waals surface area (Å²) >= 11 is 0. The summed E-state index contributed by atoms with van der Waals surface area (Å²) in [6.07, 6.45) is -0.842. The molecular weight excluding hydrogens is 215 g/mol. The van der Waals surface area contributed by atoms with Gasteiger partial charge < -0.3 is 9.47 Å². The number of carbonyl (C=O) groups excluding carboxylic acids is 2. The zero-order chi connectivity index (χ0) is 12.1. The number of ether oxygens (including phenoxy) is 2. The average molecular weight is 226 g/mol. The Labute approximate surface area is 92.0 Å². The number of benzene rings is 1. The van der Waals surface area contributed by atoms with Crippen molar-refractivity contribution in [2.75, 3.05) is 0 Å². The number of halogens is 1. The minimum absolute atomic E-state index is 0.00579. The summed E-state index contributed by atoms with van der Waals surface area (Å²) in [5.74, 6) is -0.751. The third kappa shape index (κ3) is 3.34. The van der Waals surface area contributed by atoms with Crippen LogP contribution in [-0.2, 0) is 4.74 Å². The first-order valence-corrected chi connectivity index (χ1v) is 4.66. The highest BCUT2D eigenvalue weighted by molar-refractivity contribution is 5.75. The predicted octanol–water partition coefficient (Wildman–Crippen LogP) is 2.56. The molecule has 0 radical (unpaired) electrons. The first-order valence-electron chi connectivity index (χ1n) is 4.66. The monoisotopic (exact) mass is 226 g/mol. The number of rotatable bonds is 3. The van der Waals surface area contributed by atoms with Gasteiger partial charge in [-0.05, 0) is 26.0 Å². The summed E-state index contributed by atoms with van der Waals surface area (Å²) in [5.41, 5.74) is -0.0930. The van der Waals surface area contributed by atoms with Crippen molar-refractivity contribution in [2.45, 2.75) is 20.0 Å². The number of hydrogen-bond acceptors (Lipinski definition) is 4. The molecule has 5 heteroatoms. The maximum Gasteiger partial charge on any atom is 0.514 e. The van der Waals surface area contributed by atoms with Crippen LogP contribution in [0.5, 0.6) is 5.75 Å². The highest BCUT2D eigenvalue weighted by atomic mass is 19.1. The molecule has 0 fully saturated rings. The molecule has 1 aromatic rings. The molecule has 4 nitrogen and oxygen atoms in total. The van der Waals surface area contributed by atoms with E-state index in [0.717, 1.165) is 6.07 Å². The molecule has 0 aliphatic rings. The second-order valence-corrected chi connectivity index (χ2v) is 3.32. The first-order chi connectivity index (χ1) is 7.52. The van der Waals surface area contributed by atoms with Crippen LogP contribution < -0.4 is 4.74 Å². The van der Waals surface area contributed by atoms with Gasteiger partial charge in [0.2, 0.25) is 0 Å². The summed E-state index contributed by atoms with van der Waals surface area (Å²) in [6, 6.07) is 3.49. The fourth-order valence-corrected chi connectivity index (χ4v) is 0.980. The van der Waals surface area contributed by atoms with Crippen LogP contribution in [0.15, 0.2) is 18.2 Å². The van der Waals surface area contributed by atoms with Crippen molar-refractivity contribution in [3.63, 3.8) is 0 Å². The van der Waals surface area contributed by atoms with Crippen LogP contribution in [0.3, 0.4) is 0 Å². The lowest BCUT2D eigenvalue weighted by atomic mass is 10.2. The molecule has 0 unspecified atom stereocenters. The molecule has 0 bridgehead atoms. The molecule has 0 aliphatic heterocycles. The van der Waals surface area contributed by atoms with Crippen molar-refractivity contribution >= 4 is 12.4 Å². The molecule has 16 heavy (non-hydrogen) atoms. The van der Waals surface area contributed by atoms with Crippen molar-refractivity contribution in [3.8, 4) is 5.75 Å². The van der Waals surface area contributed by atoms with Gasteiger partial charge in [0.15, 0.2) is 6.29 Å². The number of aldehydes is 1. The molecule has 1 rings (SSSR count). The maximum absolute atomic E-state index is 13.1. The van der Waals surface area contributed by atoms with E-state index < -0.39 is 12.0 Å². The Balaban J connectivity index is 2.71. The van der Waals surface area contributed by atoms with E-state index in [2.05, 4.69) is 4.74 Å². The Hall–Kier alpha value is -1.91. The fourth-order valence-electron chi connectivity index (χ4n) is 0.980. The van der Waals surface area contributed by atoms with Crippen molar-refractivity contribution < 1.29 is 23.5 Å². The van der Waals surface area contributed by atoms with Crippen LogP contribution in [0.1, 0.15) is 24.2 Å². The average Bonchev–Trinajstić information content (AvgIpc) is 2.16. The summed E-state index contributed by atoms with van der Waals surface area (Å²) < 4.78 is 22.5. The summed E-state index contributed by atoms with van der Waals surface area (Å²) in [6.45, 7) is 3.33. The van der Waals surface area contributed by atoms with Crippen molar-refractivity contribution in [1.82, 2.24) is 0 Å². The Morgan fingerprint density at radius 1 is 1.44 bits per heavy atom. The summed E-state index contributed by atoms with van der Waals surface area (Å²) in [7, 11) is 0. The molecule has 0 heterocycles. The highest BCUT2D eigenvalue weighted by Gasteiger charge is 2.10. The lowest BCUT2D eigenvalue weighted by Gasteiger charge is -2.08. The van der Waals surface area contributed by atoms with Crippen LogP contribution in [0.4, 0.5) is 9.18 Å². The third-order valence-corrected chi connectivity index (χ3v) is 1.63. The molecule has 0 N–H and O–H groups in total. The standard InChI is InChI=1S/C11H11FO4/c1-7(2)15-11(14)16-9-4-3-8(6-13)10(12)5-9/h3-7H,1-2H3. The van der Waals surface area contributed by atoms with Crippen LogP contribution >= 0.6 is 0 Å². The Morgan fingerprint density at radius 3 is 2.62 bits per heavy atom. The summed E-state index contributed by atoms with van der Waals surface area (Å²) in [5, 5.41) is 0. The second kappa shape index (κ2) is 5.25. The SMILES string of the molecule is CC(C)OC(=O)Oc1ccc(C=O)c(F)c1. The van der Waals surface area contributed by atoms with Gasteiger partial charge in [-0.1, -0.05) is 0 Å². The van der Waals surface area contributed by atoms with E-state index in [-0.39, 0.29) is 17.4 Å². The maximum atomic E-state index is 13.1. The lowest BCUT2D eigenvalue weighted by molar-refractivity contribution is 0.0728. The van der Waals surface area contributed by atoms with Crippen LogP contribution in [0.25, 0.3) is 0 Å². The molecular formula is C11H11FO4. The van der Waals surface area contributed by atoms with E-state index in [1.807, 2.05) is 0 Å². The quantitative estimate of drug-likeness (QED) is 0.451. The van der Waals surface area contributed by atoms with Crippen LogP contribution in [-0.4, -0.2) is 18.5 Å². The first kappa shape index (κ1) is 12.2. The van der Waals surface area contributed by atoms with Crippen molar-refractivity contribution in [2.24, 2.45) is 0 Å². The second-order valence-electron chi connectivity index (χ2n) is 3.32. The fraction of sp³-hybridized carbons (Fsp3) is 0.273. The van der Waals surface area contributed by atoms with Crippen LogP contribution in [0, 0.1) is 5.82 Å². The number of hydrogen-bond donors (Lipinski definition) is 0. The Bertz CT molecular complexity index is 401. The molecule has 0 atom stereocenters. The minimum Gasteiger partial charge on any atom is -0.431 e. The van der Waals surface area contributed by atoms with E-state index in [9.17, 15) is 14.0 Å². The molecule has 0 spiro atoms. The van der Waals surface area contributed by atoms with Gasteiger partial charge in [-0.3, -0.25) is 4.79 Å². The van der Waals surface area contributed by atoms with E-state index in [4.69, 9.17) is 4.74 Å². The van der Waals surface area contributed by atoms with Gasteiger partial charge in [-0.2, -0.15) is 0 Å². The topological polar surface area (TPSA) is 52.6 Å². The van der Waals surface area contributed by atoms with E-state index in [1.54, 1.807) is 13.8 Å². The van der Waals surface area contributed by atoms with Crippen molar-refractivity contribution in [1.29, 1.82) is 0 Å². The van der Waals surface area contributed by atoms with Gasteiger partial charge in [0.1, 0.15) is 11.6 Å². The predicted molar refractivity (Wildman–Crippen MR) is 54.0 cm³/mol. The highest BCUT2D eigenvalue weighted by Crippen LogP contribution is 2.16. The molecule has 0 saturated heterocycles. The van der Waals surface area contributed by atoms with Crippen LogP contribution in [0.2, 0.25) is 0 Å². The normalized spacial score (nSPS) is 10.0. The molecule has 0 aromatic heterocycles. The molecule has 0 amide bonds. The minimum atomic E-state index is -0.909. The van der Waals surface area contributed by atoms with Gasteiger partial charge in [-0.15, -0.1) is 0 Å². The molecule has 0 aliphatic carbocycles. The zero-order valence-electron chi connectivity index (χ0n) is 8.90. The van der Waals surface area contributed by atoms with Gasteiger partial charge in [0, 0.05) is 6.07 Å². The van der Waals surface area contributed by atoms with E-state index in [1.165, 1.54) is 12.1 Å². The Kier molecular flexibility index (Phi) is 3.99. The van der Waals surface area contributed by atoms with E-state index in [0.29, 0.717) is 6.29 Å². The summed E-state index contributed by atoms with van der Waals surface area (Å²) in [4.78, 5) is 21.4. The Morgan fingerprint density at radius 2 is 2.12 bits per heavy atom. The van der Waals surface area contributed by atoms with Gasteiger partial charge in [-0.25, -0.2) is 9.18 Å². The van der Waals surface area contributed by atoms with Gasteiger partial charge in [0.05, 0.1) is 11.7 Å². The molecule has 1 aromatic carbocycles. The van der Waals surface area contributed by atoms with E-state index >= 15 is 0 Å². The molecule has 0 saturated carbocycles. The largest absolute Gasteiger partial charge is 0.514 e. The lowest BCUT2D eigenvalue weighted by Crippen LogP contribution is -2.15. The van der Waals surface area contributed by atoms with Gasteiger partial charge >= 0.3 is 6.16 Å². The zero-order valence-corrected chi connectivity index (χ0v) is 8.90. The van der Waals surface area contributed by atoms with Gasteiger partial charge in [0.25, 0.3) is 0 Å². The van der Waals surface area contributed by atoms with Crippen molar-refractivity contribution in [3.05, 3.63) is 29.6 Å². The number of carbonyl (C=O) groups is 2. The third-order valence-electron chi connectivity index (χ3n) is 1.63. The molecule has 86 valence electrons.